The van der Waals surface area contributed by atoms with Crippen LogP contribution in [0.15, 0.2) is 23.8 Å². The molecule has 0 aromatic heterocycles. The van der Waals surface area contributed by atoms with Gasteiger partial charge in [0.25, 0.3) is 0 Å². The van der Waals surface area contributed by atoms with Crippen molar-refractivity contribution < 1.29 is 4.84 Å². The summed E-state index contributed by atoms with van der Waals surface area (Å²) in [6.45, 7) is 5.32. The Balaban J connectivity index is 1.84. The molecule has 0 aromatic carbocycles. The van der Waals surface area contributed by atoms with Crippen molar-refractivity contribution in [1.29, 1.82) is 0 Å². The van der Waals surface area contributed by atoms with Crippen LogP contribution in [0.5, 0.6) is 0 Å². The Morgan fingerprint density at radius 2 is 2.38 bits per heavy atom. The third-order valence-corrected chi connectivity index (χ3v) is 4.63. The smallest absolute Gasteiger partial charge is 0.0817 e. The maximum Gasteiger partial charge on any atom is 0.0817 e. The van der Waals surface area contributed by atoms with Crippen molar-refractivity contribution in [2.24, 2.45) is 5.92 Å². The first-order valence-electron chi connectivity index (χ1n) is 6.12. The molecule has 1 aliphatic carbocycles. The Bertz CT molecular complexity index is 288. The molecule has 0 radical (unpaired) electrons. The van der Waals surface area contributed by atoms with E-state index in [1.54, 1.807) is 0 Å². The van der Waals surface area contributed by atoms with Crippen LogP contribution in [0.25, 0.3) is 0 Å². The van der Waals surface area contributed by atoms with Gasteiger partial charge in [0, 0.05) is 17.0 Å². The van der Waals surface area contributed by atoms with E-state index in [9.17, 15) is 0 Å². The van der Waals surface area contributed by atoms with Gasteiger partial charge in [-0.15, -0.1) is 11.8 Å². The first-order chi connectivity index (χ1) is 7.75. The molecule has 3 atom stereocenters. The number of hydrogen-bond donors (Lipinski definition) is 1. The summed E-state index contributed by atoms with van der Waals surface area (Å²) < 4.78 is 0. The first kappa shape index (κ1) is 12.2. The Kier molecular flexibility index (Phi) is 4.50. The molecule has 0 bridgehead atoms. The van der Waals surface area contributed by atoms with Crippen molar-refractivity contribution in [2.75, 3.05) is 12.4 Å². The number of hydrogen-bond acceptors (Lipinski definition) is 3. The molecule has 0 unspecified atom stereocenters. The molecule has 1 saturated heterocycles. The SMILES string of the molecule is C[C@@H]1C=C(CS[C@H]2CON[C@H]2C)C=CCC1. The zero-order valence-electron chi connectivity index (χ0n) is 10.1. The molecule has 0 saturated carbocycles. The highest BCUT2D eigenvalue weighted by atomic mass is 32.2. The quantitative estimate of drug-likeness (QED) is 0.818. The van der Waals surface area contributed by atoms with E-state index in [1.165, 1.54) is 18.4 Å². The molecule has 1 fully saturated rings. The van der Waals surface area contributed by atoms with Gasteiger partial charge >= 0.3 is 0 Å². The summed E-state index contributed by atoms with van der Waals surface area (Å²) in [5, 5.41) is 0.591. The molecule has 1 aliphatic heterocycles. The van der Waals surface area contributed by atoms with Gasteiger partial charge in [-0.25, -0.2) is 0 Å². The van der Waals surface area contributed by atoms with Gasteiger partial charge in [0.2, 0.25) is 0 Å². The zero-order valence-corrected chi connectivity index (χ0v) is 10.9. The molecular formula is C13H21NOS. The van der Waals surface area contributed by atoms with E-state index in [4.69, 9.17) is 4.84 Å². The third kappa shape index (κ3) is 3.37. The molecule has 2 aliphatic rings. The van der Waals surface area contributed by atoms with E-state index in [2.05, 4.69) is 37.6 Å². The average Bonchev–Trinajstić information content (AvgIpc) is 2.54. The van der Waals surface area contributed by atoms with Crippen molar-refractivity contribution in [1.82, 2.24) is 5.48 Å². The van der Waals surface area contributed by atoms with E-state index in [0.717, 1.165) is 18.3 Å². The monoisotopic (exact) mass is 239 g/mol. The molecule has 16 heavy (non-hydrogen) atoms. The van der Waals surface area contributed by atoms with Crippen LogP contribution in [-0.2, 0) is 4.84 Å². The highest BCUT2D eigenvalue weighted by molar-refractivity contribution is 8.00. The van der Waals surface area contributed by atoms with E-state index >= 15 is 0 Å². The van der Waals surface area contributed by atoms with E-state index in [0.29, 0.717) is 11.3 Å². The second kappa shape index (κ2) is 5.89. The Morgan fingerprint density at radius 1 is 1.50 bits per heavy atom. The minimum atomic E-state index is 0.470. The van der Waals surface area contributed by atoms with Gasteiger partial charge in [-0.1, -0.05) is 25.2 Å². The van der Waals surface area contributed by atoms with Crippen LogP contribution in [0.2, 0.25) is 0 Å². The lowest BCUT2D eigenvalue weighted by atomic mass is 10.1. The van der Waals surface area contributed by atoms with Gasteiger partial charge < -0.3 is 4.84 Å². The highest BCUT2D eigenvalue weighted by Gasteiger charge is 2.24. The van der Waals surface area contributed by atoms with Crippen LogP contribution < -0.4 is 5.48 Å². The second-order valence-electron chi connectivity index (χ2n) is 4.77. The fraction of sp³-hybridized carbons (Fsp3) is 0.692. The number of rotatable bonds is 3. The summed E-state index contributed by atoms with van der Waals surface area (Å²) in [4.78, 5) is 5.25. The molecule has 2 rings (SSSR count). The van der Waals surface area contributed by atoms with E-state index in [1.807, 2.05) is 11.8 Å². The van der Waals surface area contributed by atoms with Gasteiger partial charge in [0.1, 0.15) is 0 Å². The van der Waals surface area contributed by atoms with Crippen LogP contribution in [0, 0.1) is 5.92 Å². The normalized spacial score (nSPS) is 34.9. The lowest BCUT2D eigenvalue weighted by Gasteiger charge is -2.12. The number of allylic oxidation sites excluding steroid dienone is 3. The lowest BCUT2D eigenvalue weighted by molar-refractivity contribution is 0.0911. The summed E-state index contributed by atoms with van der Waals surface area (Å²) >= 11 is 2.00. The van der Waals surface area contributed by atoms with Crippen LogP contribution in [0.1, 0.15) is 26.7 Å². The molecule has 2 nitrogen and oxygen atoms in total. The molecule has 0 spiro atoms. The third-order valence-electron chi connectivity index (χ3n) is 3.16. The molecular weight excluding hydrogens is 218 g/mol. The van der Waals surface area contributed by atoms with Crippen LogP contribution in [-0.4, -0.2) is 23.7 Å². The van der Waals surface area contributed by atoms with Crippen molar-refractivity contribution in [3.8, 4) is 0 Å². The van der Waals surface area contributed by atoms with E-state index < -0.39 is 0 Å². The molecule has 1 heterocycles. The Morgan fingerprint density at radius 3 is 3.12 bits per heavy atom. The first-order valence-corrected chi connectivity index (χ1v) is 7.16. The average molecular weight is 239 g/mol. The second-order valence-corrected chi connectivity index (χ2v) is 5.99. The molecule has 1 N–H and O–H groups in total. The fourth-order valence-electron chi connectivity index (χ4n) is 2.07. The van der Waals surface area contributed by atoms with Crippen LogP contribution in [0.3, 0.4) is 0 Å². The number of nitrogens with one attached hydrogen (secondary N) is 1. The van der Waals surface area contributed by atoms with Gasteiger partial charge in [-0.05, 0) is 31.3 Å². The molecule has 3 heteroatoms. The predicted octanol–water partition coefficient (Wildman–Crippen LogP) is 2.92. The largest absolute Gasteiger partial charge is 0.300 e. The predicted molar refractivity (Wildman–Crippen MR) is 70.4 cm³/mol. The Hall–Kier alpha value is -0.250. The summed E-state index contributed by atoms with van der Waals surface area (Å²) in [6.07, 6.45) is 9.53. The van der Waals surface area contributed by atoms with Gasteiger partial charge in [0.15, 0.2) is 0 Å². The number of hydroxylamine groups is 1. The van der Waals surface area contributed by atoms with Crippen LogP contribution >= 0.6 is 11.8 Å². The summed E-state index contributed by atoms with van der Waals surface area (Å²) in [7, 11) is 0. The number of thioether (sulfide) groups is 1. The minimum Gasteiger partial charge on any atom is -0.300 e. The molecule has 0 amide bonds. The molecule has 0 aromatic rings. The Labute approximate surface area is 102 Å². The van der Waals surface area contributed by atoms with Crippen molar-refractivity contribution >= 4 is 11.8 Å². The van der Waals surface area contributed by atoms with Crippen molar-refractivity contribution in [3.05, 3.63) is 23.8 Å². The van der Waals surface area contributed by atoms with Gasteiger partial charge in [-0.2, -0.15) is 5.48 Å². The topological polar surface area (TPSA) is 21.3 Å². The summed E-state index contributed by atoms with van der Waals surface area (Å²) in [5.74, 6) is 1.84. The van der Waals surface area contributed by atoms with Gasteiger partial charge in [-0.3, -0.25) is 0 Å². The fourth-order valence-corrected chi connectivity index (χ4v) is 3.18. The van der Waals surface area contributed by atoms with Gasteiger partial charge in [0.05, 0.1) is 6.61 Å². The van der Waals surface area contributed by atoms with Crippen LogP contribution in [0.4, 0.5) is 0 Å². The maximum atomic E-state index is 5.25. The highest BCUT2D eigenvalue weighted by Crippen LogP contribution is 2.24. The lowest BCUT2D eigenvalue weighted by Crippen LogP contribution is -2.24. The summed E-state index contributed by atoms with van der Waals surface area (Å²) in [5.41, 5.74) is 4.50. The maximum absolute atomic E-state index is 5.25. The van der Waals surface area contributed by atoms with Crippen molar-refractivity contribution in [3.63, 3.8) is 0 Å². The zero-order chi connectivity index (χ0) is 11.4. The van der Waals surface area contributed by atoms with Crippen molar-refractivity contribution in [2.45, 2.75) is 38.0 Å². The summed E-state index contributed by atoms with van der Waals surface area (Å²) in [6, 6.07) is 0.470. The minimum absolute atomic E-state index is 0.470. The molecule has 90 valence electrons. The van der Waals surface area contributed by atoms with E-state index in [-0.39, 0.29) is 0 Å². The standard InChI is InChI=1S/C13H21NOS/c1-10-5-3-4-6-12(7-10)9-16-13-8-15-14-11(13)2/h4,6-7,10-11,13-14H,3,5,8-9H2,1-2H3/t10-,11-,13-/m0/s1.